The number of nitrogens with one attached hydrogen (secondary N) is 1. The highest BCUT2D eigenvalue weighted by atomic mass is 16.3. The quantitative estimate of drug-likeness (QED) is 0.653. The third-order valence-electron chi connectivity index (χ3n) is 1.87. The predicted octanol–water partition coefficient (Wildman–Crippen LogP) is 1.37. The van der Waals surface area contributed by atoms with Crippen LogP contribution in [0.15, 0.2) is 24.4 Å². The molecule has 3 heteroatoms. The molecule has 1 heterocycles. The van der Waals surface area contributed by atoms with Gasteiger partial charge in [-0.2, -0.15) is 0 Å². The molecule has 0 aliphatic carbocycles. The van der Waals surface area contributed by atoms with Crippen molar-refractivity contribution in [3.8, 4) is 5.75 Å². The first kappa shape index (κ1) is 4.67. The minimum absolute atomic E-state index is 0.00765. The zero-order valence-electron chi connectivity index (χ0n) is 10.8. The molecule has 2 aromatic rings. The zero-order valence-corrected chi connectivity index (χ0v) is 6.83. The first-order chi connectivity index (χ1) is 7.73. The van der Waals surface area contributed by atoms with Crippen molar-refractivity contribution in [3.63, 3.8) is 0 Å². The van der Waals surface area contributed by atoms with Crippen molar-refractivity contribution in [1.29, 1.82) is 0 Å². The minimum Gasteiger partial charge on any atom is -0.508 e. The lowest BCUT2D eigenvalue weighted by atomic mass is 10.1. The van der Waals surface area contributed by atoms with E-state index in [1.807, 2.05) is 0 Å². The molecule has 0 unspecified atom stereocenters. The Morgan fingerprint density at radius 2 is 2.38 bits per heavy atom. The van der Waals surface area contributed by atoms with Crippen LogP contribution in [0.4, 0.5) is 0 Å². The fourth-order valence-corrected chi connectivity index (χ4v) is 1.29. The molecule has 0 aliphatic rings. The summed E-state index contributed by atoms with van der Waals surface area (Å²) in [7, 11) is 0. The number of phenols is 1. The van der Waals surface area contributed by atoms with E-state index in [1.54, 1.807) is 6.07 Å². The summed E-state index contributed by atoms with van der Waals surface area (Å²) >= 11 is 0. The van der Waals surface area contributed by atoms with Crippen molar-refractivity contribution >= 4 is 10.9 Å². The molecule has 1 aromatic heterocycles. The number of aromatic amines is 1. The number of rotatable bonds is 2. The number of H-pyrrole nitrogens is 1. The van der Waals surface area contributed by atoms with Crippen molar-refractivity contribution in [2.75, 3.05) is 6.50 Å². The van der Waals surface area contributed by atoms with Gasteiger partial charge in [-0.15, -0.1) is 0 Å². The van der Waals surface area contributed by atoms with E-state index in [4.69, 9.17) is 11.2 Å². The van der Waals surface area contributed by atoms with Crippen LogP contribution in [0.1, 0.15) is 11.0 Å². The van der Waals surface area contributed by atoms with Gasteiger partial charge < -0.3 is 15.8 Å². The topological polar surface area (TPSA) is 62.0 Å². The maximum Gasteiger partial charge on any atom is 0.116 e. The van der Waals surface area contributed by atoms with Crippen molar-refractivity contribution in [1.82, 2.24) is 4.98 Å². The van der Waals surface area contributed by atoms with Crippen molar-refractivity contribution in [2.24, 2.45) is 5.73 Å². The molecular formula is C10H12N2O. The Morgan fingerprint density at radius 3 is 3.15 bits per heavy atom. The van der Waals surface area contributed by atoms with Crippen LogP contribution in [0.3, 0.4) is 0 Å². The Balaban J connectivity index is 2.68. The maximum absolute atomic E-state index is 9.38. The van der Waals surface area contributed by atoms with Gasteiger partial charge >= 0.3 is 0 Å². The number of aryl methyl sites for hydroxylation is 1. The van der Waals surface area contributed by atoms with Gasteiger partial charge in [0.1, 0.15) is 5.75 Å². The molecule has 0 fully saturated rings. The monoisotopic (exact) mass is 180 g/mol. The normalized spacial score (nSPS) is 17.6. The molecule has 0 aliphatic heterocycles. The number of benzene rings is 1. The van der Waals surface area contributed by atoms with Crippen LogP contribution < -0.4 is 5.73 Å². The van der Waals surface area contributed by atoms with Crippen LogP contribution >= 0.6 is 0 Å². The molecule has 0 spiro atoms. The first-order valence-corrected chi connectivity index (χ1v) is 3.83. The highest BCUT2D eigenvalue weighted by Gasteiger charge is 2.02. The van der Waals surface area contributed by atoms with Crippen LogP contribution in [0.2, 0.25) is 0 Å². The largest absolute Gasteiger partial charge is 0.508 e. The minimum atomic E-state index is -2.51. The first-order valence-electron chi connectivity index (χ1n) is 5.83. The predicted molar refractivity (Wildman–Crippen MR) is 52.7 cm³/mol. The van der Waals surface area contributed by atoms with E-state index in [1.165, 1.54) is 18.3 Å². The summed E-state index contributed by atoms with van der Waals surface area (Å²) < 4.78 is 30.2. The second kappa shape index (κ2) is 3.11. The molecule has 2 rings (SSSR count). The number of aromatic hydroxyl groups is 1. The zero-order chi connectivity index (χ0) is 12.8. The second-order valence-corrected chi connectivity index (χ2v) is 2.70. The fraction of sp³-hybridized carbons (Fsp3) is 0.200. The van der Waals surface area contributed by atoms with Gasteiger partial charge in [-0.05, 0) is 36.6 Å². The molecule has 0 saturated heterocycles. The summed E-state index contributed by atoms with van der Waals surface area (Å²) in [4.78, 5) is 2.82. The summed E-state index contributed by atoms with van der Waals surface area (Å²) in [5.41, 5.74) is 5.93. The summed E-state index contributed by atoms with van der Waals surface area (Å²) in [5.74, 6) is -0.00765. The molecule has 0 amide bonds. The van der Waals surface area contributed by atoms with Gasteiger partial charge in [0.2, 0.25) is 0 Å². The Bertz CT molecular complexity index is 559. The van der Waals surface area contributed by atoms with Gasteiger partial charge in [0.05, 0.1) is 0 Å². The smallest absolute Gasteiger partial charge is 0.116 e. The van der Waals surface area contributed by atoms with Gasteiger partial charge in [-0.25, -0.2) is 0 Å². The Kier molecular flexibility index (Phi) is 1.12. The molecule has 0 bridgehead atoms. The van der Waals surface area contributed by atoms with E-state index in [0.29, 0.717) is 10.9 Å². The lowest BCUT2D eigenvalue weighted by Crippen LogP contribution is -2.01. The number of hydrogen-bond acceptors (Lipinski definition) is 2. The lowest BCUT2D eigenvalue weighted by Gasteiger charge is -1.96. The van der Waals surface area contributed by atoms with E-state index >= 15 is 0 Å². The average Bonchev–Trinajstić information content (AvgIpc) is 2.58. The third-order valence-corrected chi connectivity index (χ3v) is 1.87. The number of fused-ring (bicyclic) bond motifs is 1. The van der Waals surface area contributed by atoms with E-state index in [9.17, 15) is 5.11 Å². The van der Waals surface area contributed by atoms with Crippen molar-refractivity contribution in [2.45, 2.75) is 6.37 Å². The van der Waals surface area contributed by atoms with Crippen molar-refractivity contribution < 1.29 is 10.6 Å². The van der Waals surface area contributed by atoms with Crippen LogP contribution in [0.5, 0.6) is 5.75 Å². The highest BCUT2D eigenvalue weighted by molar-refractivity contribution is 5.84. The van der Waals surface area contributed by atoms with Gasteiger partial charge in [-0.3, -0.25) is 0 Å². The molecule has 0 radical (unpaired) electrons. The van der Waals surface area contributed by atoms with E-state index in [0.717, 1.165) is 0 Å². The molecule has 0 saturated carbocycles. The molecule has 1 aromatic carbocycles. The summed E-state index contributed by atoms with van der Waals surface area (Å²) in [6, 6.07) is 4.44. The third kappa shape index (κ3) is 1.38. The summed E-state index contributed by atoms with van der Waals surface area (Å²) in [6.45, 7) is -2.51. The maximum atomic E-state index is 9.38. The van der Waals surface area contributed by atoms with E-state index in [2.05, 4.69) is 4.98 Å². The molecule has 13 heavy (non-hydrogen) atoms. The van der Waals surface area contributed by atoms with Gasteiger partial charge in [0.15, 0.2) is 0 Å². The number of hydrogen-bond donors (Lipinski definition) is 3. The Morgan fingerprint density at radius 1 is 1.54 bits per heavy atom. The van der Waals surface area contributed by atoms with Crippen LogP contribution in [0, 0.1) is 0 Å². The summed E-state index contributed by atoms with van der Waals surface area (Å²) in [5, 5.41) is 9.80. The molecule has 68 valence electrons. The van der Waals surface area contributed by atoms with Crippen LogP contribution in [0.25, 0.3) is 10.9 Å². The summed E-state index contributed by atoms with van der Waals surface area (Å²) in [6.07, 6.45) is -0.978. The fourth-order valence-electron chi connectivity index (χ4n) is 1.29. The van der Waals surface area contributed by atoms with Gasteiger partial charge in [-0.1, -0.05) is 0 Å². The van der Waals surface area contributed by atoms with Crippen LogP contribution in [-0.4, -0.2) is 16.6 Å². The van der Waals surface area contributed by atoms with Gasteiger partial charge in [0.25, 0.3) is 0 Å². The van der Waals surface area contributed by atoms with Crippen molar-refractivity contribution in [3.05, 3.63) is 30.0 Å². The number of nitrogens with two attached hydrogens (primary N) is 1. The number of phenolic OH excluding ortho intramolecular Hbond substituents is 1. The Hall–Kier alpha value is -1.48. The molecule has 3 nitrogen and oxygen atoms in total. The molecular weight excluding hydrogens is 164 g/mol. The standard InChI is InChI=1S/C10H12N2O/c11-4-3-7-6-12-10-2-1-8(13)5-9(7)10/h1-2,5-6,12-13H,3-4,11H2/i3D2,4D2. The highest BCUT2D eigenvalue weighted by Crippen LogP contribution is 2.22. The number of aromatic nitrogens is 1. The SMILES string of the molecule is [2H]C([2H])(N)C([2H])([2H])c1c[nH]c2ccc(O)cc12. The van der Waals surface area contributed by atoms with Crippen LogP contribution in [-0.2, 0) is 6.37 Å². The second-order valence-electron chi connectivity index (χ2n) is 2.70. The molecule has 4 N–H and O–H groups in total. The van der Waals surface area contributed by atoms with E-state index < -0.39 is 12.9 Å². The van der Waals surface area contributed by atoms with E-state index in [-0.39, 0.29) is 11.3 Å². The average molecular weight is 180 g/mol. The Labute approximate surface area is 81.8 Å². The lowest BCUT2D eigenvalue weighted by molar-refractivity contribution is 0.476. The molecule has 0 atom stereocenters. The van der Waals surface area contributed by atoms with Gasteiger partial charge in [0, 0.05) is 22.6 Å².